The Morgan fingerprint density at radius 2 is 1.72 bits per heavy atom. The highest BCUT2D eigenvalue weighted by molar-refractivity contribution is 9.10. The molecular weight excluding hydrogens is 554 g/mol. The lowest BCUT2D eigenvalue weighted by molar-refractivity contribution is -0.139. The van der Waals surface area contributed by atoms with Gasteiger partial charge in [0.2, 0.25) is 0 Å². The van der Waals surface area contributed by atoms with Gasteiger partial charge < -0.3 is 14.6 Å². The summed E-state index contributed by atoms with van der Waals surface area (Å²) in [5.74, 6) is -2.57. The number of hydrogen-bond donors (Lipinski definition) is 1. The third-order valence-corrected chi connectivity index (χ3v) is 7.26. The molecule has 0 radical (unpaired) electrons. The van der Waals surface area contributed by atoms with Gasteiger partial charge in [-0.2, -0.15) is 0 Å². The molecule has 8 heteroatoms. The zero-order valence-electron chi connectivity index (χ0n) is 19.4. The Hall–Kier alpha value is -2.74. The number of rotatable bonds is 7. The fraction of sp³-hybridized carbons (Fsp3) is 0.250. The number of carbonyl (C=O) groups is 1. The summed E-state index contributed by atoms with van der Waals surface area (Å²) >= 11 is 9.48. The fourth-order valence-electron chi connectivity index (χ4n) is 4.68. The van der Waals surface area contributed by atoms with Crippen molar-refractivity contribution >= 4 is 33.5 Å². The van der Waals surface area contributed by atoms with E-state index in [0.717, 1.165) is 16.7 Å². The highest BCUT2D eigenvalue weighted by atomic mass is 79.9. The van der Waals surface area contributed by atoms with Crippen LogP contribution in [0.1, 0.15) is 48.2 Å². The predicted molar refractivity (Wildman–Crippen MR) is 137 cm³/mol. The lowest BCUT2D eigenvalue weighted by Crippen LogP contribution is -2.32. The average Bonchev–Trinajstić information content (AvgIpc) is 2.84. The van der Waals surface area contributed by atoms with E-state index in [1.807, 2.05) is 19.1 Å². The first kappa shape index (κ1) is 26.3. The monoisotopic (exact) mass is 576 g/mol. The van der Waals surface area contributed by atoms with Gasteiger partial charge in [-0.25, -0.2) is 13.6 Å². The summed E-state index contributed by atoms with van der Waals surface area (Å²) in [6.07, 6.45) is -0.839. The summed E-state index contributed by atoms with van der Waals surface area (Å²) in [4.78, 5) is 11.2. The second kappa shape index (κ2) is 11.1. The molecule has 0 aliphatic carbocycles. The molecule has 3 aromatic rings. The number of hydrogen-bond acceptors (Lipinski definition) is 3. The number of carboxylic acid groups (broad SMARTS) is 1. The molecule has 1 aliphatic rings. The van der Waals surface area contributed by atoms with Crippen molar-refractivity contribution in [2.75, 3.05) is 6.61 Å². The third kappa shape index (κ3) is 5.64. The van der Waals surface area contributed by atoms with Crippen LogP contribution >= 0.6 is 27.5 Å². The molecule has 188 valence electrons. The molecule has 0 spiro atoms. The van der Waals surface area contributed by atoms with E-state index in [-0.39, 0.29) is 29.0 Å². The first-order valence-electron chi connectivity index (χ1n) is 11.3. The standard InChI is InChI=1S/C28H24BrClF2O4/c1-15(2)20-13-21(16-3-7-18(30)8-4-16)26(17-5-9-19(31)10-6-17)36-27(20)25-23(32)12-11-22(29)28(25)35-14-24(33)34/h3-12,20-21,26-27H,1,13-14H2,2H3,(H,33,34)/t20-,21-,26+,27+/m1/s1. The van der Waals surface area contributed by atoms with Crippen molar-refractivity contribution in [1.82, 2.24) is 0 Å². The molecule has 1 N–H and O–H groups in total. The van der Waals surface area contributed by atoms with E-state index in [0.29, 0.717) is 15.9 Å². The van der Waals surface area contributed by atoms with E-state index in [1.54, 1.807) is 24.3 Å². The molecule has 4 nitrogen and oxygen atoms in total. The summed E-state index contributed by atoms with van der Waals surface area (Å²) in [7, 11) is 0. The van der Waals surface area contributed by atoms with Gasteiger partial charge >= 0.3 is 5.97 Å². The Bertz CT molecular complexity index is 1260. The number of benzene rings is 3. The Morgan fingerprint density at radius 1 is 1.08 bits per heavy atom. The average molecular weight is 578 g/mol. The molecule has 0 bridgehead atoms. The van der Waals surface area contributed by atoms with Crippen molar-refractivity contribution in [2.24, 2.45) is 5.92 Å². The highest BCUT2D eigenvalue weighted by Crippen LogP contribution is 2.54. The van der Waals surface area contributed by atoms with Crippen LogP contribution in [-0.2, 0) is 9.53 Å². The minimum Gasteiger partial charge on any atom is -0.480 e. The van der Waals surface area contributed by atoms with Crippen LogP contribution in [0.3, 0.4) is 0 Å². The van der Waals surface area contributed by atoms with Crippen molar-refractivity contribution in [3.05, 3.63) is 111 Å². The summed E-state index contributed by atoms with van der Waals surface area (Å²) in [6, 6.07) is 16.2. The van der Waals surface area contributed by atoms with Crippen molar-refractivity contribution in [3.63, 3.8) is 0 Å². The van der Waals surface area contributed by atoms with Crippen LogP contribution < -0.4 is 4.74 Å². The Kier molecular flexibility index (Phi) is 8.13. The zero-order chi connectivity index (χ0) is 26.0. The van der Waals surface area contributed by atoms with Gasteiger partial charge in [-0.3, -0.25) is 0 Å². The molecule has 0 unspecified atom stereocenters. The summed E-state index contributed by atoms with van der Waals surface area (Å²) in [5.41, 5.74) is 2.58. The summed E-state index contributed by atoms with van der Waals surface area (Å²) in [6.45, 7) is 5.35. The lowest BCUT2D eigenvalue weighted by atomic mass is 9.74. The molecule has 1 aliphatic heterocycles. The van der Waals surface area contributed by atoms with Crippen molar-refractivity contribution in [3.8, 4) is 5.75 Å². The zero-order valence-corrected chi connectivity index (χ0v) is 21.7. The second-order valence-corrected chi connectivity index (χ2v) is 10.1. The summed E-state index contributed by atoms with van der Waals surface area (Å²) < 4.78 is 41.7. The van der Waals surface area contributed by atoms with Crippen molar-refractivity contribution < 1.29 is 28.2 Å². The van der Waals surface area contributed by atoms with Crippen LogP contribution in [-0.4, -0.2) is 17.7 Å². The van der Waals surface area contributed by atoms with Gasteiger partial charge in [-0.1, -0.05) is 48.0 Å². The maximum absolute atomic E-state index is 15.4. The molecule has 1 fully saturated rings. The quantitative estimate of drug-likeness (QED) is 0.289. The Balaban J connectivity index is 1.84. The molecule has 36 heavy (non-hydrogen) atoms. The minimum atomic E-state index is -1.19. The van der Waals surface area contributed by atoms with Gasteiger partial charge in [0.15, 0.2) is 6.61 Å². The molecule has 0 saturated carbocycles. The smallest absolute Gasteiger partial charge is 0.341 e. The molecule has 1 saturated heterocycles. The maximum Gasteiger partial charge on any atom is 0.341 e. The van der Waals surface area contributed by atoms with Crippen LogP contribution in [0.15, 0.2) is 77.3 Å². The first-order valence-corrected chi connectivity index (χ1v) is 12.5. The number of carboxylic acids is 1. The SMILES string of the molecule is C=C(C)[C@H]1C[C@H](c2ccc(Cl)cc2)[C@H](c2ccc(F)cc2)O[C@@H]1c1c(F)ccc(Br)c1OCC(=O)O. The molecular formula is C28H24BrClF2O4. The van der Waals surface area contributed by atoms with E-state index < -0.39 is 30.6 Å². The van der Waals surface area contributed by atoms with Gasteiger partial charge in [-0.05, 0) is 76.8 Å². The van der Waals surface area contributed by atoms with Crippen LogP contribution in [0, 0.1) is 17.6 Å². The third-order valence-electron chi connectivity index (χ3n) is 6.38. The van der Waals surface area contributed by atoms with E-state index in [9.17, 15) is 9.18 Å². The minimum absolute atomic E-state index is 0.0662. The van der Waals surface area contributed by atoms with Crippen LogP contribution in [0.2, 0.25) is 5.02 Å². The predicted octanol–water partition coefficient (Wildman–Crippen LogP) is 8.02. The topological polar surface area (TPSA) is 55.8 Å². The maximum atomic E-state index is 15.4. The van der Waals surface area contributed by atoms with Crippen molar-refractivity contribution in [1.29, 1.82) is 0 Å². The fourth-order valence-corrected chi connectivity index (χ4v) is 5.26. The van der Waals surface area contributed by atoms with Gasteiger partial charge in [-0.15, -0.1) is 0 Å². The number of ether oxygens (including phenoxy) is 2. The molecule has 4 atom stereocenters. The van der Waals surface area contributed by atoms with Gasteiger partial charge in [0.1, 0.15) is 17.4 Å². The van der Waals surface area contributed by atoms with E-state index in [2.05, 4.69) is 22.5 Å². The van der Waals surface area contributed by atoms with Gasteiger partial charge in [0, 0.05) is 16.9 Å². The van der Waals surface area contributed by atoms with E-state index >= 15 is 4.39 Å². The first-order chi connectivity index (χ1) is 17.2. The van der Waals surface area contributed by atoms with Crippen LogP contribution in [0.5, 0.6) is 5.75 Å². The largest absolute Gasteiger partial charge is 0.480 e. The van der Waals surface area contributed by atoms with Crippen molar-refractivity contribution in [2.45, 2.75) is 31.5 Å². The van der Waals surface area contributed by atoms with E-state index in [4.69, 9.17) is 26.2 Å². The second-order valence-electron chi connectivity index (χ2n) is 8.83. The Labute approximate surface area is 221 Å². The summed E-state index contributed by atoms with van der Waals surface area (Å²) in [5, 5.41) is 9.75. The highest BCUT2D eigenvalue weighted by Gasteiger charge is 2.43. The number of aliphatic carboxylic acids is 1. The molecule has 0 amide bonds. The van der Waals surface area contributed by atoms with Crippen LogP contribution in [0.4, 0.5) is 8.78 Å². The number of halogens is 4. The molecule has 3 aromatic carbocycles. The van der Waals surface area contributed by atoms with Gasteiger partial charge in [0.25, 0.3) is 0 Å². The van der Waals surface area contributed by atoms with Crippen LogP contribution in [0.25, 0.3) is 0 Å². The molecule has 1 heterocycles. The van der Waals surface area contributed by atoms with Gasteiger partial charge in [0.05, 0.1) is 22.2 Å². The molecule has 0 aromatic heterocycles. The van der Waals surface area contributed by atoms with E-state index in [1.165, 1.54) is 24.3 Å². The normalized spacial score (nSPS) is 21.7. The lowest BCUT2D eigenvalue weighted by Gasteiger charge is -2.43. The Morgan fingerprint density at radius 3 is 2.33 bits per heavy atom. The molecule has 4 rings (SSSR count).